The highest BCUT2D eigenvalue weighted by Gasteiger charge is 1.98. The molecule has 0 saturated carbocycles. The second-order valence-electron chi connectivity index (χ2n) is 1.75. The molecule has 0 aliphatic rings. The first-order valence-corrected chi connectivity index (χ1v) is 2.74. The maximum atomic E-state index is 10.2. The summed E-state index contributed by atoms with van der Waals surface area (Å²) in [6.45, 7) is 0. The van der Waals surface area contributed by atoms with Gasteiger partial charge in [0.25, 0.3) is 0 Å². The first-order valence-electron chi connectivity index (χ1n) is 2.74. The smallest absolute Gasteiger partial charge is 0.162 e. The summed E-state index contributed by atoms with van der Waals surface area (Å²) < 4.78 is 0. The summed E-state index contributed by atoms with van der Waals surface area (Å²) in [4.78, 5) is 14.1. The van der Waals surface area contributed by atoms with Gasteiger partial charge in [0, 0.05) is 0 Å². The summed E-state index contributed by atoms with van der Waals surface area (Å²) >= 11 is 0. The molecule has 1 aromatic carbocycles. The minimum atomic E-state index is 0.178. The van der Waals surface area contributed by atoms with Gasteiger partial charge >= 0.3 is 0 Å². The van der Waals surface area contributed by atoms with Crippen molar-refractivity contribution in [3.63, 3.8) is 0 Å². The van der Waals surface area contributed by atoms with E-state index >= 15 is 0 Å². The first-order chi connectivity index (χ1) is 4.88. The van der Waals surface area contributed by atoms with Crippen molar-refractivity contribution in [2.45, 2.75) is 0 Å². The van der Waals surface area contributed by atoms with Gasteiger partial charge in [-0.1, -0.05) is 12.1 Å². The van der Waals surface area contributed by atoms with E-state index in [9.17, 15) is 4.79 Å². The number of nitrogens with zero attached hydrogens (tertiary/aromatic N) is 1. The van der Waals surface area contributed by atoms with Gasteiger partial charge in [0.05, 0.1) is 5.56 Å². The van der Waals surface area contributed by atoms with E-state index in [0.717, 1.165) is 0 Å². The van der Waals surface area contributed by atoms with Crippen molar-refractivity contribution < 1.29 is 9.63 Å². The number of carbonyl (C=O) groups excluding carboxylic acids is 1. The zero-order valence-corrected chi connectivity index (χ0v) is 5.15. The summed E-state index contributed by atoms with van der Waals surface area (Å²) in [5, 5.41) is 0. The highest BCUT2D eigenvalue weighted by atomic mass is 16.6. The molecule has 0 amide bonds. The highest BCUT2D eigenvalue weighted by Crippen LogP contribution is 2.13. The monoisotopic (exact) mass is 135 g/mol. The molecule has 1 rings (SSSR count). The van der Waals surface area contributed by atoms with E-state index in [2.05, 4.69) is 4.84 Å². The molecule has 3 heteroatoms. The van der Waals surface area contributed by atoms with Crippen LogP contribution in [0.1, 0.15) is 10.4 Å². The predicted molar refractivity (Wildman–Crippen MR) is 34.6 cm³/mol. The van der Waals surface area contributed by atoms with Crippen molar-refractivity contribution in [3.05, 3.63) is 29.8 Å². The van der Waals surface area contributed by atoms with Crippen molar-refractivity contribution in [2.24, 2.45) is 0 Å². The Bertz CT molecular complexity index is 235. The van der Waals surface area contributed by atoms with Crippen molar-refractivity contribution in [3.8, 4) is 5.75 Å². The SMILES string of the molecule is [N]Oc1ccccc1C=O. The molecule has 0 aromatic heterocycles. The van der Waals surface area contributed by atoms with Crippen LogP contribution < -0.4 is 10.7 Å². The van der Waals surface area contributed by atoms with Gasteiger partial charge in [-0.05, 0) is 12.1 Å². The van der Waals surface area contributed by atoms with E-state index < -0.39 is 0 Å². The minimum Gasteiger partial charge on any atom is -0.367 e. The summed E-state index contributed by atoms with van der Waals surface area (Å²) in [6, 6.07) is 6.41. The molecule has 50 valence electrons. The third kappa shape index (κ3) is 1.14. The largest absolute Gasteiger partial charge is 0.367 e. The first kappa shape index (κ1) is 6.77. The summed E-state index contributed by atoms with van der Waals surface area (Å²) in [5.41, 5.74) is 0.338. The second kappa shape index (κ2) is 2.98. The van der Waals surface area contributed by atoms with Crippen LogP contribution in [0.2, 0.25) is 0 Å². The van der Waals surface area contributed by atoms with Crippen molar-refractivity contribution in [2.75, 3.05) is 0 Å². The summed E-state index contributed by atoms with van der Waals surface area (Å²) in [7, 11) is 0. The average Bonchev–Trinajstić information content (AvgIpc) is 2.04. The van der Waals surface area contributed by atoms with Crippen molar-refractivity contribution >= 4 is 6.29 Å². The van der Waals surface area contributed by atoms with Gasteiger partial charge in [0.2, 0.25) is 0 Å². The summed E-state index contributed by atoms with van der Waals surface area (Å²) in [6.07, 6.45) is 0.617. The number of carbonyl (C=O) groups is 1. The van der Waals surface area contributed by atoms with Gasteiger partial charge < -0.3 is 4.84 Å². The quantitative estimate of drug-likeness (QED) is 0.446. The molecule has 0 N–H and O–H groups in total. The van der Waals surface area contributed by atoms with Gasteiger partial charge in [0.15, 0.2) is 12.0 Å². The molecule has 0 saturated heterocycles. The van der Waals surface area contributed by atoms with Crippen LogP contribution >= 0.6 is 0 Å². The lowest BCUT2D eigenvalue weighted by atomic mass is 10.2. The van der Waals surface area contributed by atoms with Crippen LogP contribution in [0, 0.1) is 0 Å². The Balaban J connectivity index is 3.08. The fourth-order valence-electron chi connectivity index (χ4n) is 0.661. The van der Waals surface area contributed by atoms with E-state index in [1.807, 2.05) is 0 Å². The number of benzene rings is 1. The predicted octanol–water partition coefficient (Wildman–Crippen LogP) is 0.862. The molecule has 0 unspecified atom stereocenters. The number of hydrogen-bond donors (Lipinski definition) is 0. The van der Waals surface area contributed by atoms with Crippen LogP contribution in [0.15, 0.2) is 24.3 Å². The van der Waals surface area contributed by atoms with E-state index in [1.165, 1.54) is 6.07 Å². The van der Waals surface area contributed by atoms with E-state index in [-0.39, 0.29) is 5.75 Å². The molecule has 1 aromatic rings. The second-order valence-corrected chi connectivity index (χ2v) is 1.75. The highest BCUT2D eigenvalue weighted by molar-refractivity contribution is 5.78. The zero-order chi connectivity index (χ0) is 7.40. The van der Waals surface area contributed by atoms with Crippen LogP contribution in [0.25, 0.3) is 0 Å². The van der Waals surface area contributed by atoms with E-state index in [4.69, 9.17) is 5.90 Å². The van der Waals surface area contributed by atoms with Crippen LogP contribution in [-0.4, -0.2) is 6.29 Å². The molecule has 10 heavy (non-hydrogen) atoms. The molecular weight excluding hydrogens is 130 g/mol. The van der Waals surface area contributed by atoms with Gasteiger partial charge in [-0.2, -0.15) is 0 Å². The molecule has 0 spiro atoms. The Morgan fingerprint density at radius 1 is 1.40 bits per heavy atom. The maximum Gasteiger partial charge on any atom is 0.162 e. The lowest BCUT2D eigenvalue weighted by molar-refractivity contribution is 0.111. The molecule has 2 radical (unpaired) electrons. The maximum absolute atomic E-state index is 10.2. The van der Waals surface area contributed by atoms with Gasteiger partial charge in [-0.15, -0.1) is 0 Å². The Labute approximate surface area is 58.4 Å². The van der Waals surface area contributed by atoms with E-state index in [0.29, 0.717) is 11.8 Å². The molecular formula is C7H5NO2. The minimum absolute atomic E-state index is 0.178. The summed E-state index contributed by atoms with van der Waals surface area (Å²) in [5.74, 6) is 8.37. The van der Waals surface area contributed by atoms with Crippen LogP contribution in [-0.2, 0) is 0 Å². The van der Waals surface area contributed by atoms with Crippen LogP contribution in [0.4, 0.5) is 0 Å². The number of rotatable bonds is 2. The average molecular weight is 135 g/mol. The normalized spacial score (nSPS) is 8.90. The number of aldehydes is 1. The van der Waals surface area contributed by atoms with Gasteiger partial charge in [-0.3, -0.25) is 4.79 Å². The molecule has 0 heterocycles. The molecule has 3 nitrogen and oxygen atoms in total. The number of hydrogen-bond acceptors (Lipinski definition) is 2. The van der Waals surface area contributed by atoms with Gasteiger partial charge in [0.1, 0.15) is 5.90 Å². The molecule has 0 bridgehead atoms. The molecule has 0 atom stereocenters. The topological polar surface area (TPSA) is 48.6 Å². The third-order valence-electron chi connectivity index (χ3n) is 1.14. The lowest BCUT2D eigenvalue weighted by Gasteiger charge is -1.95. The number of para-hydroxylation sites is 1. The molecule has 0 fully saturated rings. The Morgan fingerprint density at radius 3 is 2.60 bits per heavy atom. The van der Waals surface area contributed by atoms with Crippen LogP contribution in [0.5, 0.6) is 5.75 Å². The van der Waals surface area contributed by atoms with Crippen LogP contribution in [0.3, 0.4) is 0 Å². The Kier molecular flexibility index (Phi) is 2.02. The van der Waals surface area contributed by atoms with E-state index in [1.54, 1.807) is 18.2 Å². The standard InChI is InChI=1S/C7H5NO2/c8-10-7-4-2-1-3-6(7)5-9/h1-5H. The third-order valence-corrected chi connectivity index (χ3v) is 1.14. The fraction of sp³-hybridized carbons (Fsp3) is 0. The zero-order valence-electron chi connectivity index (χ0n) is 5.15. The Hall–Kier alpha value is -1.35. The van der Waals surface area contributed by atoms with Crippen molar-refractivity contribution in [1.29, 1.82) is 0 Å². The fourth-order valence-corrected chi connectivity index (χ4v) is 0.661. The molecule has 0 aliphatic heterocycles. The van der Waals surface area contributed by atoms with Gasteiger partial charge in [-0.25, -0.2) is 0 Å². The lowest BCUT2D eigenvalue weighted by Crippen LogP contribution is -1.91. The van der Waals surface area contributed by atoms with Crippen molar-refractivity contribution in [1.82, 2.24) is 5.90 Å². The Morgan fingerprint density at radius 2 is 2.10 bits per heavy atom. The molecule has 0 aliphatic carbocycles.